The van der Waals surface area contributed by atoms with Crippen molar-refractivity contribution in [2.24, 2.45) is 29.6 Å². The zero-order chi connectivity index (χ0) is 13.9. The monoisotopic (exact) mass is 278 g/mol. The number of ether oxygens (including phenoxy) is 2. The number of methoxy groups -OCH3 is 2. The molecule has 0 spiro atoms. The number of allylic oxidation sites excluding steroid dienone is 2. The van der Waals surface area contributed by atoms with Crippen LogP contribution in [0, 0.1) is 29.6 Å². The molecule has 0 heterocycles. The lowest BCUT2D eigenvalue weighted by atomic mass is 9.74. The summed E-state index contributed by atoms with van der Waals surface area (Å²) in [6, 6.07) is 0. The maximum absolute atomic E-state index is 5.53. The Morgan fingerprint density at radius 1 is 0.950 bits per heavy atom. The van der Waals surface area contributed by atoms with Crippen molar-refractivity contribution >= 4 is 0 Å². The molecule has 2 heteroatoms. The van der Waals surface area contributed by atoms with Crippen LogP contribution in [0.15, 0.2) is 11.6 Å². The van der Waals surface area contributed by atoms with Crippen molar-refractivity contribution in [2.75, 3.05) is 27.4 Å². The lowest BCUT2D eigenvalue weighted by molar-refractivity contribution is 0.0606. The molecule has 0 aliphatic heterocycles. The van der Waals surface area contributed by atoms with Crippen molar-refractivity contribution in [3.63, 3.8) is 0 Å². The second-order valence-electron chi connectivity index (χ2n) is 7.10. The van der Waals surface area contributed by atoms with Crippen molar-refractivity contribution in [3.05, 3.63) is 11.6 Å². The lowest BCUT2D eigenvalue weighted by Gasteiger charge is -2.33. The highest BCUT2D eigenvalue weighted by Gasteiger charge is 2.49. The number of hydrogen-bond donors (Lipinski definition) is 0. The summed E-state index contributed by atoms with van der Waals surface area (Å²) in [5, 5.41) is 0. The molecule has 3 aliphatic carbocycles. The summed E-state index contributed by atoms with van der Waals surface area (Å²) < 4.78 is 11.0. The maximum atomic E-state index is 5.53. The molecule has 0 N–H and O–H groups in total. The van der Waals surface area contributed by atoms with E-state index in [1.54, 1.807) is 0 Å². The van der Waals surface area contributed by atoms with E-state index in [-0.39, 0.29) is 0 Å². The van der Waals surface area contributed by atoms with Crippen molar-refractivity contribution in [1.29, 1.82) is 0 Å². The highest BCUT2D eigenvalue weighted by atomic mass is 16.5. The molecule has 0 radical (unpaired) electrons. The summed E-state index contributed by atoms with van der Waals surface area (Å²) in [5.41, 5.74) is 1.81. The van der Waals surface area contributed by atoms with Gasteiger partial charge >= 0.3 is 0 Å². The van der Waals surface area contributed by atoms with Gasteiger partial charge < -0.3 is 9.47 Å². The molecule has 114 valence electrons. The topological polar surface area (TPSA) is 18.5 Å². The summed E-state index contributed by atoms with van der Waals surface area (Å²) in [5.74, 6) is 3.84. The fraction of sp³-hybridized carbons (Fsp3) is 0.889. The summed E-state index contributed by atoms with van der Waals surface area (Å²) in [4.78, 5) is 0. The first kappa shape index (κ1) is 14.6. The fourth-order valence-electron chi connectivity index (χ4n) is 5.13. The predicted octanol–water partition coefficient (Wildman–Crippen LogP) is 4.06. The third-order valence-corrected chi connectivity index (χ3v) is 6.02. The van der Waals surface area contributed by atoms with E-state index >= 15 is 0 Å². The zero-order valence-corrected chi connectivity index (χ0v) is 13.1. The normalized spacial score (nSPS) is 38.0. The van der Waals surface area contributed by atoms with E-state index in [1.165, 1.54) is 44.9 Å². The van der Waals surface area contributed by atoms with Crippen LogP contribution in [0.3, 0.4) is 0 Å². The molecule has 2 nitrogen and oxygen atoms in total. The van der Waals surface area contributed by atoms with Crippen molar-refractivity contribution in [1.82, 2.24) is 0 Å². The van der Waals surface area contributed by atoms with Crippen LogP contribution >= 0.6 is 0 Å². The second-order valence-corrected chi connectivity index (χ2v) is 7.10. The van der Waals surface area contributed by atoms with Gasteiger partial charge in [0.1, 0.15) is 0 Å². The van der Waals surface area contributed by atoms with Crippen molar-refractivity contribution in [2.45, 2.75) is 44.9 Å². The van der Waals surface area contributed by atoms with Crippen LogP contribution in [-0.2, 0) is 9.47 Å². The summed E-state index contributed by atoms with van der Waals surface area (Å²) in [6.45, 7) is 1.82. The fourth-order valence-corrected chi connectivity index (χ4v) is 5.13. The molecule has 0 saturated heterocycles. The van der Waals surface area contributed by atoms with Gasteiger partial charge in [-0.2, -0.15) is 0 Å². The molecule has 20 heavy (non-hydrogen) atoms. The molecule has 0 amide bonds. The first-order chi connectivity index (χ1) is 9.85. The van der Waals surface area contributed by atoms with E-state index in [1.807, 2.05) is 19.8 Å². The Morgan fingerprint density at radius 2 is 1.60 bits per heavy atom. The van der Waals surface area contributed by atoms with E-state index in [0.29, 0.717) is 11.8 Å². The van der Waals surface area contributed by atoms with Gasteiger partial charge in [0, 0.05) is 27.4 Å². The highest BCUT2D eigenvalue weighted by molar-refractivity contribution is 5.26. The SMILES string of the molecule is COC[C@@H]1[C@H](COC)[C@@H]2C=C(C3CCCCCC3)[C@H]1C2. The average molecular weight is 278 g/mol. The minimum atomic E-state index is 0.694. The van der Waals surface area contributed by atoms with E-state index in [2.05, 4.69) is 6.08 Å². The van der Waals surface area contributed by atoms with Gasteiger partial charge in [-0.25, -0.2) is 0 Å². The van der Waals surface area contributed by atoms with Crippen molar-refractivity contribution in [3.8, 4) is 0 Å². The van der Waals surface area contributed by atoms with Gasteiger partial charge in [0.05, 0.1) is 0 Å². The molecule has 2 fully saturated rings. The Labute approximate surface area is 123 Å². The molecule has 0 aromatic rings. The van der Waals surface area contributed by atoms with Gasteiger partial charge in [0.15, 0.2) is 0 Å². The van der Waals surface area contributed by atoms with Gasteiger partial charge in [-0.15, -0.1) is 0 Å². The average Bonchev–Trinajstić information content (AvgIpc) is 2.88. The molecule has 3 aliphatic rings. The summed E-state index contributed by atoms with van der Waals surface area (Å²) in [6.07, 6.45) is 12.7. The third-order valence-electron chi connectivity index (χ3n) is 6.02. The molecule has 3 rings (SSSR count). The predicted molar refractivity (Wildman–Crippen MR) is 81.6 cm³/mol. The Bertz CT molecular complexity index is 341. The zero-order valence-electron chi connectivity index (χ0n) is 13.1. The van der Waals surface area contributed by atoms with E-state index in [4.69, 9.17) is 9.47 Å². The Balaban J connectivity index is 1.74. The molecule has 0 aromatic carbocycles. The number of hydrogen-bond acceptors (Lipinski definition) is 2. The quantitative estimate of drug-likeness (QED) is 0.558. The van der Waals surface area contributed by atoms with Crippen molar-refractivity contribution < 1.29 is 9.47 Å². The standard InChI is InChI=1S/C18H30O2/c1-19-11-17-14-9-15(13-7-5-3-4-6-8-13)16(10-14)18(17)12-20-2/h9,13-14,16-18H,3-8,10-12H2,1-2H3/t14-,16-,17-,18+/m1/s1. The van der Waals surface area contributed by atoms with E-state index in [9.17, 15) is 0 Å². The number of rotatable bonds is 5. The minimum Gasteiger partial charge on any atom is -0.384 e. The first-order valence-electron chi connectivity index (χ1n) is 8.54. The number of fused-ring (bicyclic) bond motifs is 2. The largest absolute Gasteiger partial charge is 0.384 e. The molecule has 4 atom stereocenters. The molecule has 0 unspecified atom stereocenters. The Morgan fingerprint density at radius 3 is 2.25 bits per heavy atom. The summed E-state index contributed by atoms with van der Waals surface area (Å²) >= 11 is 0. The Kier molecular flexibility index (Phi) is 4.83. The van der Waals surface area contributed by atoms with Crippen LogP contribution in [0.5, 0.6) is 0 Å². The second kappa shape index (κ2) is 6.62. The van der Waals surface area contributed by atoms with Crippen LogP contribution < -0.4 is 0 Å². The van der Waals surface area contributed by atoms with Crippen LogP contribution in [0.4, 0.5) is 0 Å². The third kappa shape index (κ3) is 2.69. The van der Waals surface area contributed by atoms with Crippen LogP contribution in [-0.4, -0.2) is 27.4 Å². The van der Waals surface area contributed by atoms with Gasteiger partial charge in [0.2, 0.25) is 0 Å². The molecule has 0 aromatic heterocycles. The van der Waals surface area contributed by atoms with Gasteiger partial charge in [-0.3, -0.25) is 0 Å². The van der Waals surface area contributed by atoms with Gasteiger partial charge in [-0.1, -0.05) is 37.3 Å². The van der Waals surface area contributed by atoms with Gasteiger partial charge in [-0.05, 0) is 48.9 Å². The van der Waals surface area contributed by atoms with Crippen LogP contribution in [0.25, 0.3) is 0 Å². The first-order valence-corrected chi connectivity index (χ1v) is 8.54. The van der Waals surface area contributed by atoms with Crippen LogP contribution in [0.1, 0.15) is 44.9 Å². The molecule has 2 bridgehead atoms. The van der Waals surface area contributed by atoms with E-state index < -0.39 is 0 Å². The maximum Gasteiger partial charge on any atom is 0.0499 e. The van der Waals surface area contributed by atoms with Gasteiger partial charge in [0.25, 0.3) is 0 Å². The highest BCUT2D eigenvalue weighted by Crippen LogP contribution is 2.55. The van der Waals surface area contributed by atoms with Crippen LogP contribution in [0.2, 0.25) is 0 Å². The smallest absolute Gasteiger partial charge is 0.0499 e. The molecular weight excluding hydrogens is 248 g/mol. The van der Waals surface area contributed by atoms with E-state index in [0.717, 1.165) is 31.0 Å². The Hall–Kier alpha value is -0.340. The minimum absolute atomic E-state index is 0.694. The summed E-state index contributed by atoms with van der Waals surface area (Å²) in [7, 11) is 3.69. The molecule has 2 saturated carbocycles. The molecular formula is C18H30O2. The lowest BCUT2D eigenvalue weighted by Crippen LogP contribution is -2.30.